The molecule has 11 atom stereocenters. The number of allylic oxidation sites excluding steroid dienone is 1. The van der Waals surface area contributed by atoms with Crippen LogP contribution in [0.3, 0.4) is 0 Å². The Hall–Kier alpha value is -0.890. The average Bonchev–Trinajstić information content (AvgIpc) is 3.23. The van der Waals surface area contributed by atoms with Crippen molar-refractivity contribution < 1.29 is 4.74 Å². The Kier molecular flexibility index (Phi) is 5.16. The van der Waals surface area contributed by atoms with Crippen LogP contribution >= 0.6 is 0 Å². The van der Waals surface area contributed by atoms with Gasteiger partial charge in [0, 0.05) is 12.6 Å². The molecule has 2 heterocycles. The van der Waals surface area contributed by atoms with Gasteiger partial charge in [-0.1, -0.05) is 36.8 Å². The molecule has 0 aromatic rings. The highest BCUT2D eigenvalue weighted by atomic mass is 16.5. The molecule has 0 amide bonds. The number of nitrogens with one attached hydrogen (secondary N) is 1. The predicted octanol–water partition coefficient (Wildman–Crippen LogP) is 5.73. The van der Waals surface area contributed by atoms with Crippen LogP contribution in [0.5, 0.6) is 0 Å². The summed E-state index contributed by atoms with van der Waals surface area (Å²) >= 11 is 0. The lowest BCUT2D eigenvalue weighted by molar-refractivity contribution is -0.0765. The van der Waals surface area contributed by atoms with E-state index >= 15 is 0 Å². The Morgan fingerprint density at radius 2 is 1.94 bits per heavy atom. The summed E-state index contributed by atoms with van der Waals surface area (Å²) in [7, 11) is 0. The first-order chi connectivity index (χ1) is 15.7. The van der Waals surface area contributed by atoms with Crippen LogP contribution in [0.2, 0.25) is 0 Å². The van der Waals surface area contributed by atoms with Crippen molar-refractivity contribution in [1.29, 1.82) is 0 Å². The van der Waals surface area contributed by atoms with Gasteiger partial charge in [0.05, 0.1) is 11.5 Å². The molecule has 0 aromatic heterocycles. The molecular weight excluding hydrogens is 406 g/mol. The molecule has 4 heteroatoms. The first-order valence-corrected chi connectivity index (χ1v) is 14.0. The molecule has 3 N–H and O–H groups in total. The van der Waals surface area contributed by atoms with Crippen molar-refractivity contribution in [2.24, 2.45) is 46.7 Å². The van der Waals surface area contributed by atoms with Crippen LogP contribution in [-0.2, 0) is 4.74 Å². The van der Waals surface area contributed by atoms with Crippen LogP contribution in [0.4, 0.5) is 0 Å². The lowest BCUT2D eigenvalue weighted by atomic mass is 9.52. The molecule has 2 aliphatic heterocycles. The lowest BCUT2D eigenvalue weighted by Gasteiger charge is -2.54. The molecule has 1 spiro atoms. The van der Waals surface area contributed by atoms with Gasteiger partial charge in [0.25, 0.3) is 6.57 Å². The minimum absolute atomic E-state index is 0.102. The summed E-state index contributed by atoms with van der Waals surface area (Å²) < 4.78 is 7.06. The number of nitrogens with zero attached hydrogens (tertiary/aromatic N) is 1. The summed E-state index contributed by atoms with van der Waals surface area (Å²) in [5, 5.41) is 3.74. The highest BCUT2D eigenvalue weighted by Crippen LogP contribution is 2.65. The van der Waals surface area contributed by atoms with Gasteiger partial charge in [0.1, 0.15) is 0 Å². The maximum Gasteiger partial charge on any atom is 0.365 e. The molecule has 6 rings (SSSR count). The fourth-order valence-electron chi connectivity index (χ4n) is 10.1. The number of rotatable bonds is 0. The van der Waals surface area contributed by atoms with Crippen LogP contribution in [0.25, 0.3) is 4.85 Å². The summed E-state index contributed by atoms with van der Waals surface area (Å²) in [6, 6.07) is 0.438. The van der Waals surface area contributed by atoms with Crippen LogP contribution in [-0.4, -0.2) is 30.0 Å². The number of ether oxygens (including phenoxy) is 1. The van der Waals surface area contributed by atoms with E-state index in [4.69, 9.17) is 17.0 Å². The molecule has 4 aliphatic carbocycles. The van der Waals surface area contributed by atoms with Gasteiger partial charge in [-0.25, -0.2) is 5.32 Å². The Balaban J connectivity index is 1.30. The fraction of sp³-hybridized carbons (Fsp3) is 0.897. The van der Waals surface area contributed by atoms with Crippen molar-refractivity contribution in [2.45, 2.75) is 115 Å². The van der Waals surface area contributed by atoms with Crippen molar-refractivity contribution in [3.05, 3.63) is 16.0 Å². The molecule has 0 radical (unpaired) electrons. The van der Waals surface area contributed by atoms with Crippen molar-refractivity contribution >= 4 is 0 Å². The first kappa shape index (κ1) is 22.6. The lowest BCUT2D eigenvalue weighted by Crippen LogP contribution is -2.59. The molecule has 3 saturated carbocycles. The van der Waals surface area contributed by atoms with Gasteiger partial charge in [-0.05, 0) is 106 Å². The van der Waals surface area contributed by atoms with E-state index in [0.717, 1.165) is 49.5 Å². The zero-order valence-corrected chi connectivity index (χ0v) is 21.4. The second-order valence-corrected chi connectivity index (χ2v) is 13.5. The van der Waals surface area contributed by atoms with Gasteiger partial charge < -0.3 is 10.5 Å². The van der Waals surface area contributed by atoms with E-state index in [2.05, 4.69) is 37.9 Å². The highest BCUT2D eigenvalue weighted by molar-refractivity contribution is 5.31. The van der Waals surface area contributed by atoms with Gasteiger partial charge in [0.15, 0.2) is 6.10 Å². The third-order valence-corrected chi connectivity index (χ3v) is 12.1. The molecule has 0 aromatic carbocycles. The zero-order valence-electron chi connectivity index (χ0n) is 21.4. The van der Waals surface area contributed by atoms with Crippen LogP contribution in [0.1, 0.15) is 91.9 Å². The summed E-state index contributed by atoms with van der Waals surface area (Å²) in [5.41, 5.74) is 9.82. The number of fused-ring (bicyclic) bond motifs is 6. The van der Waals surface area contributed by atoms with Crippen LogP contribution < -0.4 is 11.1 Å². The van der Waals surface area contributed by atoms with Crippen LogP contribution in [0, 0.1) is 47.5 Å². The molecule has 182 valence electrons. The van der Waals surface area contributed by atoms with E-state index in [1.165, 1.54) is 44.9 Å². The summed E-state index contributed by atoms with van der Waals surface area (Å²) in [6.45, 7) is 16.8. The molecule has 1 unspecified atom stereocenters. The number of piperidine rings is 1. The van der Waals surface area contributed by atoms with E-state index in [9.17, 15) is 0 Å². The second-order valence-electron chi connectivity index (χ2n) is 13.5. The van der Waals surface area contributed by atoms with Crippen molar-refractivity contribution in [2.75, 3.05) is 6.54 Å². The molecule has 5 fully saturated rings. The summed E-state index contributed by atoms with van der Waals surface area (Å²) in [5.74, 6) is 4.25. The summed E-state index contributed by atoms with van der Waals surface area (Å²) in [4.78, 5) is 4.50. The Morgan fingerprint density at radius 3 is 2.73 bits per heavy atom. The zero-order chi connectivity index (χ0) is 23.2. The summed E-state index contributed by atoms with van der Waals surface area (Å²) in [6.07, 6.45) is 12.6. The largest absolute Gasteiger partial charge is 0.365 e. The van der Waals surface area contributed by atoms with E-state index in [1.54, 1.807) is 5.57 Å². The Morgan fingerprint density at radius 1 is 1.12 bits per heavy atom. The fourth-order valence-corrected chi connectivity index (χ4v) is 10.1. The van der Waals surface area contributed by atoms with E-state index in [-0.39, 0.29) is 11.7 Å². The number of hydrogen-bond acceptors (Lipinski definition) is 3. The van der Waals surface area contributed by atoms with E-state index in [0.29, 0.717) is 23.3 Å². The molecule has 4 nitrogen and oxygen atoms in total. The van der Waals surface area contributed by atoms with Gasteiger partial charge >= 0.3 is 5.66 Å². The maximum absolute atomic E-state index is 7.06. The van der Waals surface area contributed by atoms with Crippen molar-refractivity contribution in [3.63, 3.8) is 0 Å². The second kappa shape index (κ2) is 7.55. The minimum atomic E-state index is -0.411. The minimum Gasteiger partial charge on any atom is -0.360 e. The first-order valence-electron chi connectivity index (χ1n) is 14.0. The topological polar surface area (TPSA) is 51.6 Å². The Bertz CT molecular complexity index is 892. The molecular formula is C29H46N3O+. The normalized spacial score (nSPS) is 55.9. The third-order valence-electron chi connectivity index (χ3n) is 12.1. The Labute approximate surface area is 201 Å². The molecule has 33 heavy (non-hydrogen) atoms. The smallest absolute Gasteiger partial charge is 0.360 e. The van der Waals surface area contributed by atoms with E-state index in [1.807, 2.05) is 5.57 Å². The SMILES string of the molecule is C#[N+]C12NC[C@@H](C)C[C@H]1O[C@]1(CC[C@@H]3C(=C(C)C1)C[C@H]1[C@H]3CC[C@@H]3C[C@H](N)CC[C@@]31C)[C@@H]2C. The molecule has 6 aliphatic rings. The third kappa shape index (κ3) is 3.04. The molecule has 0 bridgehead atoms. The number of nitrogens with two attached hydrogens (primary N) is 1. The monoisotopic (exact) mass is 452 g/mol. The standard InChI is InChI=1S/C29H46N3O/c1-17-12-26-29(31-5,32-16-17)19(3)28(33-26)11-9-22-23-7-6-20-13-21(30)8-10-27(20,4)25(23)14-24(22)18(2)15-28/h5,17,19-23,25-26,32H,6-16,30H2,1-4H3/q+1/t17-,19-,20+,21+,22-,23-,25-,26+,27-,28-,29?/m0/s1. The number of hydrogen-bond donors (Lipinski definition) is 2. The van der Waals surface area contributed by atoms with Crippen molar-refractivity contribution in [3.8, 4) is 6.57 Å². The maximum atomic E-state index is 7.06. The highest BCUT2D eigenvalue weighted by Gasteiger charge is 2.71. The quantitative estimate of drug-likeness (QED) is 0.462. The van der Waals surface area contributed by atoms with Crippen LogP contribution in [0.15, 0.2) is 11.1 Å². The van der Waals surface area contributed by atoms with Gasteiger partial charge in [0.2, 0.25) is 0 Å². The van der Waals surface area contributed by atoms with E-state index < -0.39 is 5.66 Å². The van der Waals surface area contributed by atoms with Gasteiger partial charge in [-0.3, -0.25) is 0 Å². The predicted molar refractivity (Wildman–Crippen MR) is 134 cm³/mol. The van der Waals surface area contributed by atoms with Gasteiger partial charge in [-0.2, -0.15) is 0 Å². The van der Waals surface area contributed by atoms with Crippen molar-refractivity contribution in [1.82, 2.24) is 5.32 Å². The average molecular weight is 453 g/mol. The van der Waals surface area contributed by atoms with Gasteiger partial charge in [-0.15, -0.1) is 0 Å². The molecule has 2 saturated heterocycles.